The van der Waals surface area contributed by atoms with Crippen molar-refractivity contribution in [3.05, 3.63) is 70.5 Å². The number of benzene rings is 2. The van der Waals surface area contributed by atoms with E-state index in [-0.39, 0.29) is 17.7 Å². The van der Waals surface area contributed by atoms with Crippen molar-refractivity contribution in [3.63, 3.8) is 0 Å². The Balaban J connectivity index is 2.12. The van der Waals surface area contributed by atoms with Gasteiger partial charge in [-0.25, -0.2) is 14.0 Å². The fraction of sp³-hybridized carbons (Fsp3) is 0.0625. The summed E-state index contributed by atoms with van der Waals surface area (Å²) >= 11 is 0. The largest absolute Gasteiger partial charge is 0.478 e. The third-order valence-corrected chi connectivity index (χ3v) is 3.12. The highest BCUT2D eigenvalue weighted by Crippen LogP contribution is 2.12. The van der Waals surface area contributed by atoms with Gasteiger partial charge >= 0.3 is 11.9 Å². The van der Waals surface area contributed by atoms with Gasteiger partial charge in [-0.1, -0.05) is 18.2 Å². The van der Waals surface area contributed by atoms with E-state index in [2.05, 4.69) is 5.32 Å². The lowest BCUT2D eigenvalue weighted by atomic mass is 10.1. The van der Waals surface area contributed by atoms with Crippen LogP contribution in [0.4, 0.5) is 4.39 Å². The normalized spacial score (nSPS) is 10.1. The first-order valence-corrected chi connectivity index (χ1v) is 6.52. The molecule has 2 aromatic carbocycles. The van der Waals surface area contributed by atoms with Crippen LogP contribution in [0.25, 0.3) is 0 Å². The number of nitrogens with one attached hydrogen (secondary N) is 1. The van der Waals surface area contributed by atoms with Crippen LogP contribution < -0.4 is 5.32 Å². The number of amides is 1. The second kappa shape index (κ2) is 6.69. The monoisotopic (exact) mass is 317 g/mol. The van der Waals surface area contributed by atoms with Crippen molar-refractivity contribution in [2.45, 2.75) is 6.54 Å². The lowest BCUT2D eigenvalue weighted by Crippen LogP contribution is -2.25. The van der Waals surface area contributed by atoms with Crippen LogP contribution in [0.2, 0.25) is 0 Å². The SMILES string of the molecule is O=C(O)c1ccc(CNC(=O)c2ccccc2C(=O)O)cc1F. The summed E-state index contributed by atoms with van der Waals surface area (Å²) < 4.78 is 13.5. The molecule has 3 N–H and O–H groups in total. The summed E-state index contributed by atoms with van der Waals surface area (Å²) in [7, 11) is 0. The molecule has 0 heterocycles. The maximum atomic E-state index is 13.5. The molecule has 2 aromatic rings. The van der Waals surface area contributed by atoms with Crippen LogP contribution in [0.3, 0.4) is 0 Å². The predicted molar refractivity (Wildman–Crippen MR) is 77.9 cm³/mol. The maximum Gasteiger partial charge on any atom is 0.338 e. The average Bonchev–Trinajstić information content (AvgIpc) is 2.52. The van der Waals surface area contributed by atoms with E-state index in [9.17, 15) is 18.8 Å². The lowest BCUT2D eigenvalue weighted by Gasteiger charge is -2.08. The van der Waals surface area contributed by atoms with Gasteiger partial charge in [0.05, 0.1) is 16.7 Å². The lowest BCUT2D eigenvalue weighted by molar-refractivity contribution is 0.0682. The van der Waals surface area contributed by atoms with Gasteiger partial charge in [-0.3, -0.25) is 4.79 Å². The molecule has 118 valence electrons. The molecular weight excluding hydrogens is 305 g/mol. The molecule has 0 spiro atoms. The van der Waals surface area contributed by atoms with Crippen molar-refractivity contribution >= 4 is 17.8 Å². The summed E-state index contributed by atoms with van der Waals surface area (Å²) in [4.78, 5) is 33.8. The molecule has 0 radical (unpaired) electrons. The van der Waals surface area contributed by atoms with Gasteiger partial charge < -0.3 is 15.5 Å². The van der Waals surface area contributed by atoms with Crippen molar-refractivity contribution in [1.29, 1.82) is 0 Å². The first-order chi connectivity index (χ1) is 10.9. The number of halogens is 1. The molecule has 2 rings (SSSR count). The fourth-order valence-corrected chi connectivity index (χ4v) is 1.99. The molecule has 0 bridgehead atoms. The zero-order valence-corrected chi connectivity index (χ0v) is 11.7. The summed E-state index contributed by atoms with van der Waals surface area (Å²) in [5.74, 6) is -4.14. The molecule has 23 heavy (non-hydrogen) atoms. The van der Waals surface area contributed by atoms with Gasteiger partial charge in [-0.05, 0) is 29.8 Å². The van der Waals surface area contributed by atoms with E-state index in [0.29, 0.717) is 5.56 Å². The third-order valence-electron chi connectivity index (χ3n) is 3.12. The molecule has 0 saturated carbocycles. The topological polar surface area (TPSA) is 104 Å². The molecule has 0 fully saturated rings. The van der Waals surface area contributed by atoms with Gasteiger partial charge in [-0.15, -0.1) is 0 Å². The Kier molecular flexibility index (Phi) is 4.70. The summed E-state index contributed by atoms with van der Waals surface area (Å²) in [5, 5.41) is 20.2. The molecule has 0 atom stereocenters. The molecular formula is C16H12FNO5. The molecule has 0 aliphatic carbocycles. The second-order valence-corrected chi connectivity index (χ2v) is 4.65. The van der Waals surface area contributed by atoms with E-state index >= 15 is 0 Å². The Morgan fingerprint density at radius 1 is 0.913 bits per heavy atom. The van der Waals surface area contributed by atoms with Crippen LogP contribution in [-0.4, -0.2) is 28.1 Å². The Morgan fingerprint density at radius 2 is 1.52 bits per heavy atom. The van der Waals surface area contributed by atoms with Crippen molar-refractivity contribution in [3.8, 4) is 0 Å². The van der Waals surface area contributed by atoms with E-state index in [4.69, 9.17) is 10.2 Å². The molecule has 0 aliphatic rings. The van der Waals surface area contributed by atoms with Gasteiger partial charge in [0, 0.05) is 6.54 Å². The van der Waals surface area contributed by atoms with E-state index in [1.165, 1.54) is 30.3 Å². The van der Waals surface area contributed by atoms with Crippen LogP contribution in [0.1, 0.15) is 36.6 Å². The Labute approximate surface area is 130 Å². The van der Waals surface area contributed by atoms with Gasteiger partial charge in [-0.2, -0.15) is 0 Å². The summed E-state index contributed by atoms with van der Waals surface area (Å²) in [6.45, 7) is -0.0659. The summed E-state index contributed by atoms with van der Waals surface area (Å²) in [6, 6.07) is 9.18. The minimum Gasteiger partial charge on any atom is -0.478 e. The third kappa shape index (κ3) is 3.70. The quantitative estimate of drug-likeness (QED) is 0.784. The number of carbonyl (C=O) groups is 3. The van der Waals surface area contributed by atoms with Crippen molar-refractivity contribution in [2.75, 3.05) is 0 Å². The van der Waals surface area contributed by atoms with Gasteiger partial charge in [0.1, 0.15) is 5.82 Å². The minimum atomic E-state index is -1.38. The summed E-state index contributed by atoms with van der Waals surface area (Å²) in [5.41, 5.74) is -0.259. The van der Waals surface area contributed by atoms with E-state index in [1.54, 1.807) is 0 Å². The maximum absolute atomic E-state index is 13.5. The van der Waals surface area contributed by atoms with Crippen LogP contribution >= 0.6 is 0 Å². The number of aromatic carboxylic acids is 2. The molecule has 0 aromatic heterocycles. The van der Waals surface area contributed by atoms with Crippen LogP contribution in [0, 0.1) is 5.82 Å². The molecule has 0 unspecified atom stereocenters. The fourth-order valence-electron chi connectivity index (χ4n) is 1.99. The van der Waals surface area contributed by atoms with Crippen molar-refractivity contribution in [2.24, 2.45) is 0 Å². The number of hydrogen-bond donors (Lipinski definition) is 3. The van der Waals surface area contributed by atoms with E-state index in [0.717, 1.165) is 12.1 Å². The van der Waals surface area contributed by atoms with Crippen LogP contribution in [-0.2, 0) is 6.54 Å². The zero-order chi connectivity index (χ0) is 17.0. The number of carbonyl (C=O) groups excluding carboxylic acids is 1. The number of hydrogen-bond acceptors (Lipinski definition) is 3. The van der Waals surface area contributed by atoms with Crippen molar-refractivity contribution in [1.82, 2.24) is 5.32 Å². The van der Waals surface area contributed by atoms with Gasteiger partial charge in [0.2, 0.25) is 0 Å². The van der Waals surface area contributed by atoms with E-state index < -0.39 is 29.2 Å². The molecule has 7 heteroatoms. The highest BCUT2D eigenvalue weighted by Gasteiger charge is 2.16. The second-order valence-electron chi connectivity index (χ2n) is 4.65. The Morgan fingerprint density at radius 3 is 2.09 bits per heavy atom. The summed E-state index contributed by atoms with van der Waals surface area (Å²) in [6.07, 6.45) is 0. The molecule has 0 aliphatic heterocycles. The van der Waals surface area contributed by atoms with Crippen molar-refractivity contribution < 1.29 is 29.0 Å². The smallest absolute Gasteiger partial charge is 0.338 e. The first-order valence-electron chi connectivity index (χ1n) is 6.52. The Hall–Kier alpha value is -3.22. The van der Waals surface area contributed by atoms with E-state index in [1.807, 2.05) is 0 Å². The number of carboxylic acids is 2. The molecule has 6 nitrogen and oxygen atoms in total. The zero-order valence-electron chi connectivity index (χ0n) is 11.7. The Bertz CT molecular complexity index is 788. The highest BCUT2D eigenvalue weighted by atomic mass is 19.1. The first kappa shape index (κ1) is 16.2. The van der Waals surface area contributed by atoms with Crippen LogP contribution in [0.15, 0.2) is 42.5 Å². The van der Waals surface area contributed by atoms with Gasteiger partial charge in [0.15, 0.2) is 0 Å². The number of carboxylic acid groups (broad SMARTS) is 2. The highest BCUT2D eigenvalue weighted by molar-refractivity contribution is 6.04. The average molecular weight is 317 g/mol. The number of rotatable bonds is 5. The molecule has 0 saturated heterocycles. The van der Waals surface area contributed by atoms with Crippen LogP contribution in [0.5, 0.6) is 0 Å². The predicted octanol–water partition coefficient (Wildman–Crippen LogP) is 2.15. The molecule has 1 amide bonds. The minimum absolute atomic E-state index is 0.0115. The standard InChI is InChI=1S/C16H12FNO5/c17-13-7-9(5-6-12(13)16(22)23)8-18-14(19)10-3-1-2-4-11(10)15(20)21/h1-7H,8H2,(H,18,19)(H,20,21)(H,22,23). The van der Waals surface area contributed by atoms with Gasteiger partial charge in [0.25, 0.3) is 5.91 Å².